The molecule has 0 radical (unpaired) electrons. The fourth-order valence-corrected chi connectivity index (χ4v) is 1.44. The van der Waals surface area contributed by atoms with E-state index in [1.54, 1.807) is 13.0 Å². The third-order valence-corrected chi connectivity index (χ3v) is 2.48. The zero-order chi connectivity index (χ0) is 14.4. The summed E-state index contributed by atoms with van der Waals surface area (Å²) >= 11 is 0. The number of carbonyl (C=O) groups is 1. The maximum Gasteiger partial charge on any atom is 0.341 e. The topological polar surface area (TPSA) is 90.8 Å². The number of ether oxygens (including phenoxy) is 2. The van der Waals surface area contributed by atoms with Gasteiger partial charge in [0, 0.05) is 12.6 Å². The minimum absolute atomic E-state index is 0.292. The molecule has 0 bridgehead atoms. The molecule has 0 aliphatic heterocycles. The monoisotopic (exact) mass is 267 g/mol. The van der Waals surface area contributed by atoms with Crippen LogP contribution in [0.25, 0.3) is 0 Å². The summed E-state index contributed by atoms with van der Waals surface area (Å²) in [4.78, 5) is 13.8. The van der Waals surface area contributed by atoms with Crippen molar-refractivity contribution in [3.05, 3.63) is 17.7 Å². The van der Waals surface area contributed by atoms with Crippen LogP contribution in [0.5, 0.6) is 5.75 Å². The Kier molecular flexibility index (Phi) is 5.44. The van der Waals surface area contributed by atoms with Crippen molar-refractivity contribution >= 4 is 17.3 Å². The lowest BCUT2D eigenvalue weighted by Gasteiger charge is -2.15. The van der Waals surface area contributed by atoms with Crippen LogP contribution >= 0.6 is 0 Å². The number of nitrogens with zero attached hydrogens (tertiary/aromatic N) is 1. The zero-order valence-corrected chi connectivity index (χ0v) is 11.6. The second-order valence-corrected chi connectivity index (χ2v) is 4.35. The summed E-state index contributed by atoms with van der Waals surface area (Å²) in [7, 11) is 3.87. The van der Waals surface area contributed by atoms with Crippen molar-refractivity contribution in [2.24, 2.45) is 0 Å². The van der Waals surface area contributed by atoms with E-state index in [-0.39, 0.29) is 0 Å². The standard InChI is InChI=1S/C13H21N3O3/c1-4-18-13(17)9-7-10(14)11(15)8-12(9)19-6-5-16(2)3/h7-8H,4-6,14-15H2,1-3H3. The summed E-state index contributed by atoms with van der Waals surface area (Å²) in [5, 5.41) is 0. The third kappa shape index (κ3) is 4.33. The van der Waals surface area contributed by atoms with Crippen LogP contribution in [0.3, 0.4) is 0 Å². The van der Waals surface area contributed by atoms with Crippen molar-refractivity contribution < 1.29 is 14.3 Å². The van der Waals surface area contributed by atoms with Crippen LogP contribution in [-0.4, -0.2) is 44.7 Å². The van der Waals surface area contributed by atoms with Gasteiger partial charge in [0.1, 0.15) is 17.9 Å². The SMILES string of the molecule is CCOC(=O)c1cc(N)c(N)cc1OCCN(C)C. The second-order valence-electron chi connectivity index (χ2n) is 4.35. The first-order valence-electron chi connectivity index (χ1n) is 6.09. The average Bonchev–Trinajstić information content (AvgIpc) is 2.33. The van der Waals surface area contributed by atoms with Gasteiger partial charge in [-0.05, 0) is 27.1 Å². The molecule has 1 rings (SSSR count). The Morgan fingerprint density at radius 1 is 1.26 bits per heavy atom. The Morgan fingerprint density at radius 3 is 2.47 bits per heavy atom. The number of hydrogen-bond donors (Lipinski definition) is 2. The Hall–Kier alpha value is -1.95. The van der Waals surface area contributed by atoms with Gasteiger partial charge in [-0.1, -0.05) is 0 Å². The van der Waals surface area contributed by atoms with Crippen LogP contribution in [0.1, 0.15) is 17.3 Å². The summed E-state index contributed by atoms with van der Waals surface area (Å²) in [6.45, 7) is 3.21. The van der Waals surface area contributed by atoms with E-state index < -0.39 is 5.97 Å². The smallest absolute Gasteiger partial charge is 0.341 e. The molecule has 4 N–H and O–H groups in total. The summed E-state index contributed by atoms with van der Waals surface area (Å²) < 4.78 is 10.5. The number of rotatable bonds is 6. The Bertz CT molecular complexity index is 447. The lowest BCUT2D eigenvalue weighted by Crippen LogP contribution is -2.20. The molecule has 0 atom stereocenters. The Balaban J connectivity index is 2.92. The van der Waals surface area contributed by atoms with Crippen molar-refractivity contribution in [2.45, 2.75) is 6.92 Å². The van der Waals surface area contributed by atoms with Crippen molar-refractivity contribution in [3.63, 3.8) is 0 Å². The second kappa shape index (κ2) is 6.84. The minimum atomic E-state index is -0.464. The Morgan fingerprint density at radius 2 is 1.89 bits per heavy atom. The highest BCUT2D eigenvalue weighted by molar-refractivity contribution is 5.95. The number of anilines is 2. The first-order valence-corrected chi connectivity index (χ1v) is 6.09. The minimum Gasteiger partial charge on any atom is -0.491 e. The van der Waals surface area contributed by atoms with Gasteiger partial charge in [-0.3, -0.25) is 0 Å². The van der Waals surface area contributed by atoms with Crippen LogP contribution in [0.15, 0.2) is 12.1 Å². The van der Waals surface area contributed by atoms with Gasteiger partial charge in [0.2, 0.25) is 0 Å². The predicted octanol–water partition coefficient (Wildman–Crippen LogP) is 0.968. The number of likely N-dealkylation sites (N-methyl/N-ethyl adjacent to an activating group) is 1. The van der Waals surface area contributed by atoms with Gasteiger partial charge in [0.25, 0.3) is 0 Å². The van der Waals surface area contributed by atoms with Crippen molar-refractivity contribution in [1.82, 2.24) is 4.90 Å². The van der Waals surface area contributed by atoms with E-state index in [0.29, 0.717) is 35.9 Å². The fourth-order valence-electron chi connectivity index (χ4n) is 1.44. The van der Waals surface area contributed by atoms with Crippen LogP contribution in [0.4, 0.5) is 11.4 Å². The highest BCUT2D eigenvalue weighted by Gasteiger charge is 2.16. The number of carbonyl (C=O) groups excluding carboxylic acids is 1. The van der Waals surface area contributed by atoms with E-state index in [0.717, 1.165) is 6.54 Å². The highest BCUT2D eigenvalue weighted by atomic mass is 16.5. The van der Waals surface area contributed by atoms with E-state index in [1.165, 1.54) is 6.07 Å². The van der Waals surface area contributed by atoms with Gasteiger partial charge in [-0.2, -0.15) is 0 Å². The van der Waals surface area contributed by atoms with Gasteiger partial charge in [0.05, 0.1) is 18.0 Å². The van der Waals surface area contributed by atoms with Gasteiger partial charge in [-0.15, -0.1) is 0 Å². The molecule has 0 amide bonds. The maximum absolute atomic E-state index is 11.8. The molecule has 0 unspecified atom stereocenters. The number of esters is 1. The lowest BCUT2D eigenvalue weighted by molar-refractivity contribution is 0.0521. The molecule has 0 saturated carbocycles. The van der Waals surface area contributed by atoms with Crippen molar-refractivity contribution in [3.8, 4) is 5.75 Å². The van der Waals surface area contributed by atoms with E-state index in [1.807, 2.05) is 19.0 Å². The molecule has 0 aromatic heterocycles. The van der Waals surface area contributed by atoms with Crippen LogP contribution in [0, 0.1) is 0 Å². The quantitative estimate of drug-likeness (QED) is 0.589. The van der Waals surface area contributed by atoms with E-state index in [4.69, 9.17) is 20.9 Å². The summed E-state index contributed by atoms with van der Waals surface area (Å²) in [5.74, 6) is -0.0685. The predicted molar refractivity (Wildman–Crippen MR) is 75.3 cm³/mol. The molecule has 0 aliphatic carbocycles. The number of hydrogen-bond acceptors (Lipinski definition) is 6. The molecule has 6 heteroatoms. The van der Waals surface area contributed by atoms with Gasteiger partial charge < -0.3 is 25.8 Å². The number of nitrogen functional groups attached to an aromatic ring is 2. The van der Waals surface area contributed by atoms with Crippen LogP contribution in [-0.2, 0) is 4.74 Å². The van der Waals surface area contributed by atoms with E-state index in [2.05, 4.69) is 0 Å². The van der Waals surface area contributed by atoms with Crippen LogP contribution in [0.2, 0.25) is 0 Å². The molecule has 0 saturated heterocycles. The van der Waals surface area contributed by atoms with Gasteiger partial charge in [0.15, 0.2) is 0 Å². The number of nitrogens with two attached hydrogens (primary N) is 2. The molecule has 1 aromatic rings. The lowest BCUT2D eigenvalue weighted by atomic mass is 10.1. The van der Waals surface area contributed by atoms with Crippen molar-refractivity contribution in [1.29, 1.82) is 0 Å². The molecular formula is C13H21N3O3. The molecule has 0 spiro atoms. The molecule has 1 aromatic carbocycles. The fraction of sp³-hybridized carbons (Fsp3) is 0.462. The molecule has 6 nitrogen and oxygen atoms in total. The summed E-state index contributed by atoms with van der Waals surface area (Å²) in [5.41, 5.74) is 12.4. The number of benzene rings is 1. The summed E-state index contributed by atoms with van der Waals surface area (Å²) in [6, 6.07) is 3.04. The molecule has 106 valence electrons. The Labute approximate surface area is 113 Å². The molecule has 0 fully saturated rings. The molecule has 0 heterocycles. The molecular weight excluding hydrogens is 246 g/mol. The van der Waals surface area contributed by atoms with Gasteiger partial charge >= 0.3 is 5.97 Å². The largest absolute Gasteiger partial charge is 0.491 e. The van der Waals surface area contributed by atoms with Crippen LogP contribution < -0.4 is 16.2 Å². The normalized spacial score (nSPS) is 10.5. The van der Waals surface area contributed by atoms with Crippen molar-refractivity contribution in [2.75, 3.05) is 45.3 Å². The first kappa shape index (κ1) is 15.1. The van der Waals surface area contributed by atoms with E-state index >= 15 is 0 Å². The molecule has 0 aliphatic rings. The first-order chi connectivity index (χ1) is 8.95. The molecule has 19 heavy (non-hydrogen) atoms. The maximum atomic E-state index is 11.8. The van der Waals surface area contributed by atoms with Gasteiger partial charge in [-0.25, -0.2) is 4.79 Å². The average molecular weight is 267 g/mol. The zero-order valence-electron chi connectivity index (χ0n) is 11.6. The summed E-state index contributed by atoms with van der Waals surface area (Å²) in [6.07, 6.45) is 0. The highest BCUT2D eigenvalue weighted by Crippen LogP contribution is 2.28. The van der Waals surface area contributed by atoms with E-state index in [9.17, 15) is 4.79 Å². The third-order valence-electron chi connectivity index (χ3n) is 2.48.